The lowest BCUT2D eigenvalue weighted by atomic mass is 10.0. The van der Waals surface area contributed by atoms with Crippen molar-refractivity contribution in [2.24, 2.45) is 0 Å². The maximum atomic E-state index is 13.2. The van der Waals surface area contributed by atoms with Gasteiger partial charge in [0, 0.05) is 12.0 Å². The normalized spacial score (nSPS) is 12.8. The summed E-state index contributed by atoms with van der Waals surface area (Å²) in [5.41, 5.74) is 3.35. The summed E-state index contributed by atoms with van der Waals surface area (Å²) in [5, 5.41) is 0.670. The summed E-state index contributed by atoms with van der Waals surface area (Å²) in [4.78, 5) is 33.3. The monoisotopic (exact) mass is 450 g/mol. The molecule has 1 heterocycles. The number of carbonyl (C=O) groups excluding carboxylic acids is 2. The summed E-state index contributed by atoms with van der Waals surface area (Å²) in [5.74, 6) is -0.823. The Morgan fingerprint density at radius 3 is 2.59 bits per heavy atom. The average Bonchev–Trinajstić information content (AvgIpc) is 3.26. The molecule has 2 aromatic carbocycles. The van der Waals surface area contributed by atoms with E-state index >= 15 is 0 Å². The van der Waals surface area contributed by atoms with Crippen molar-refractivity contribution in [3.8, 4) is 0 Å². The number of aromatic nitrogens is 1. The Morgan fingerprint density at radius 2 is 1.81 bits per heavy atom. The van der Waals surface area contributed by atoms with E-state index in [1.165, 1.54) is 4.88 Å². The number of esters is 1. The minimum Gasteiger partial charge on any atom is -0.452 e. The molecule has 0 atom stereocenters. The number of thiazole rings is 1. The van der Waals surface area contributed by atoms with Crippen LogP contribution in [0.4, 0.5) is 5.13 Å². The van der Waals surface area contributed by atoms with Crippen molar-refractivity contribution in [2.75, 3.05) is 18.6 Å². The second kappa shape index (κ2) is 10.5. The molecular formula is C25H26N2O4S. The molecule has 0 N–H and O–H groups in total. The molecule has 4 rings (SSSR count). The smallest absolute Gasteiger partial charge is 0.338 e. The summed E-state index contributed by atoms with van der Waals surface area (Å²) in [6.07, 6.45) is 4.24. The highest BCUT2D eigenvalue weighted by Crippen LogP contribution is 2.32. The van der Waals surface area contributed by atoms with Gasteiger partial charge in [0.05, 0.1) is 24.4 Å². The number of methoxy groups -OCH3 is 1. The third-order valence-corrected chi connectivity index (χ3v) is 6.53. The van der Waals surface area contributed by atoms with E-state index < -0.39 is 5.97 Å². The fraction of sp³-hybridized carbons (Fsp3) is 0.320. The molecule has 32 heavy (non-hydrogen) atoms. The lowest BCUT2D eigenvalue weighted by molar-refractivity contribution is -0.121. The minimum atomic E-state index is -0.533. The van der Waals surface area contributed by atoms with E-state index in [1.54, 1.807) is 41.5 Å². The van der Waals surface area contributed by atoms with Crippen molar-refractivity contribution >= 4 is 28.3 Å². The zero-order valence-electron chi connectivity index (χ0n) is 18.1. The summed E-state index contributed by atoms with van der Waals surface area (Å²) in [6.45, 7) is 0.441. The number of ether oxygens (including phenoxy) is 2. The fourth-order valence-corrected chi connectivity index (χ4v) is 4.89. The van der Waals surface area contributed by atoms with E-state index in [0.717, 1.165) is 42.5 Å². The first-order valence-corrected chi connectivity index (χ1v) is 11.5. The maximum absolute atomic E-state index is 13.2. The lowest BCUT2D eigenvalue weighted by Crippen LogP contribution is -2.34. The van der Waals surface area contributed by atoms with E-state index in [1.807, 2.05) is 36.4 Å². The molecule has 7 heteroatoms. The van der Waals surface area contributed by atoms with Crippen molar-refractivity contribution in [3.05, 3.63) is 81.9 Å². The van der Waals surface area contributed by atoms with Crippen LogP contribution in [0.5, 0.6) is 0 Å². The Balaban J connectivity index is 1.49. The molecule has 6 nitrogen and oxygen atoms in total. The second-order valence-corrected chi connectivity index (χ2v) is 8.81. The molecule has 0 bridgehead atoms. The van der Waals surface area contributed by atoms with Crippen LogP contribution in [-0.4, -0.2) is 30.6 Å². The Morgan fingerprint density at radius 1 is 1.03 bits per heavy atom. The standard InChI is InChI=1S/C25H26N2O4S/c1-30-16-19-10-7-11-20(14-19)24(29)31-17-23(28)27(15-18-8-3-2-4-9-18)25-26-21-12-5-6-13-22(21)32-25/h2-4,7-11,14H,5-6,12-13,15-17H2,1H3. The molecule has 3 aromatic rings. The van der Waals surface area contributed by atoms with Gasteiger partial charge in [-0.3, -0.25) is 9.69 Å². The molecule has 0 aliphatic heterocycles. The SMILES string of the molecule is COCc1cccc(C(=O)OCC(=O)N(Cc2ccccc2)c2nc3c(s2)CCCC3)c1. The highest BCUT2D eigenvalue weighted by Gasteiger charge is 2.24. The second-order valence-electron chi connectivity index (χ2n) is 7.75. The third kappa shape index (κ3) is 5.41. The van der Waals surface area contributed by atoms with Crippen LogP contribution in [0.2, 0.25) is 0 Å². The Bertz CT molecular complexity index is 1060. The van der Waals surface area contributed by atoms with Crippen LogP contribution in [0.25, 0.3) is 0 Å². The molecule has 1 aliphatic rings. The summed E-state index contributed by atoms with van der Waals surface area (Å²) >= 11 is 1.57. The topological polar surface area (TPSA) is 68.7 Å². The van der Waals surface area contributed by atoms with Gasteiger partial charge in [0.2, 0.25) is 0 Å². The predicted octanol–water partition coefficient (Wildman–Crippen LogP) is 4.56. The largest absolute Gasteiger partial charge is 0.452 e. The van der Waals surface area contributed by atoms with Crippen LogP contribution in [0.1, 0.15) is 44.9 Å². The highest BCUT2D eigenvalue weighted by molar-refractivity contribution is 7.15. The van der Waals surface area contributed by atoms with Gasteiger partial charge in [-0.1, -0.05) is 42.5 Å². The number of fused-ring (bicyclic) bond motifs is 1. The molecule has 0 spiro atoms. The van der Waals surface area contributed by atoms with Gasteiger partial charge in [0.25, 0.3) is 5.91 Å². The number of hydrogen-bond acceptors (Lipinski definition) is 6. The maximum Gasteiger partial charge on any atom is 0.338 e. The van der Waals surface area contributed by atoms with Crippen molar-refractivity contribution in [1.82, 2.24) is 4.98 Å². The van der Waals surface area contributed by atoms with Crippen LogP contribution in [-0.2, 0) is 40.3 Å². The van der Waals surface area contributed by atoms with Crippen LogP contribution in [0.15, 0.2) is 54.6 Å². The molecule has 166 valence electrons. The molecule has 0 radical (unpaired) electrons. The van der Waals surface area contributed by atoms with Crippen molar-refractivity contribution in [2.45, 2.75) is 38.8 Å². The van der Waals surface area contributed by atoms with Crippen LogP contribution < -0.4 is 4.90 Å². The number of amides is 1. The van der Waals surface area contributed by atoms with Crippen LogP contribution >= 0.6 is 11.3 Å². The first-order chi connectivity index (χ1) is 15.6. The molecule has 0 fully saturated rings. The van der Waals surface area contributed by atoms with E-state index in [4.69, 9.17) is 14.5 Å². The zero-order chi connectivity index (χ0) is 22.3. The molecule has 0 saturated heterocycles. The number of aryl methyl sites for hydroxylation is 2. The van der Waals surface area contributed by atoms with Crippen molar-refractivity contribution in [1.29, 1.82) is 0 Å². The summed E-state index contributed by atoms with van der Waals surface area (Å²) in [6, 6.07) is 16.8. The molecule has 0 saturated carbocycles. The van der Waals surface area contributed by atoms with E-state index in [9.17, 15) is 9.59 Å². The van der Waals surface area contributed by atoms with Crippen LogP contribution in [0, 0.1) is 0 Å². The van der Waals surface area contributed by atoms with Crippen molar-refractivity contribution in [3.63, 3.8) is 0 Å². The molecule has 1 amide bonds. The first kappa shape index (κ1) is 22.2. The van der Waals surface area contributed by atoms with E-state index in [0.29, 0.717) is 23.8 Å². The highest BCUT2D eigenvalue weighted by atomic mass is 32.1. The summed E-state index contributed by atoms with van der Waals surface area (Å²) in [7, 11) is 1.60. The van der Waals surface area contributed by atoms with Gasteiger partial charge in [-0.25, -0.2) is 9.78 Å². The lowest BCUT2D eigenvalue weighted by Gasteiger charge is -2.20. The van der Waals surface area contributed by atoms with Gasteiger partial charge in [-0.2, -0.15) is 0 Å². The molecule has 1 aliphatic carbocycles. The number of benzene rings is 2. The predicted molar refractivity (Wildman–Crippen MR) is 124 cm³/mol. The van der Waals surface area contributed by atoms with Crippen molar-refractivity contribution < 1.29 is 19.1 Å². The minimum absolute atomic E-state index is 0.290. The number of anilines is 1. The first-order valence-electron chi connectivity index (χ1n) is 10.7. The molecular weight excluding hydrogens is 424 g/mol. The zero-order valence-corrected chi connectivity index (χ0v) is 18.9. The average molecular weight is 451 g/mol. The number of hydrogen-bond donors (Lipinski definition) is 0. The van der Waals surface area contributed by atoms with Gasteiger partial charge in [0.1, 0.15) is 0 Å². The number of carbonyl (C=O) groups is 2. The van der Waals surface area contributed by atoms with Gasteiger partial charge in [-0.05, 0) is 48.9 Å². The van der Waals surface area contributed by atoms with E-state index in [-0.39, 0.29) is 12.5 Å². The third-order valence-electron chi connectivity index (χ3n) is 5.35. The van der Waals surface area contributed by atoms with Gasteiger partial charge in [0.15, 0.2) is 11.7 Å². The fourth-order valence-electron chi connectivity index (χ4n) is 3.73. The Labute approximate surface area is 191 Å². The molecule has 1 aromatic heterocycles. The Hall–Kier alpha value is -3.03. The number of nitrogens with zero attached hydrogens (tertiary/aromatic N) is 2. The Kier molecular flexibility index (Phi) is 7.29. The van der Waals surface area contributed by atoms with Crippen LogP contribution in [0.3, 0.4) is 0 Å². The van der Waals surface area contributed by atoms with E-state index in [2.05, 4.69) is 0 Å². The van der Waals surface area contributed by atoms with Gasteiger partial charge < -0.3 is 9.47 Å². The van der Waals surface area contributed by atoms with Gasteiger partial charge >= 0.3 is 5.97 Å². The van der Waals surface area contributed by atoms with Gasteiger partial charge in [-0.15, -0.1) is 11.3 Å². The number of rotatable bonds is 8. The molecule has 0 unspecified atom stereocenters. The summed E-state index contributed by atoms with van der Waals surface area (Å²) < 4.78 is 10.5. The quantitative estimate of drug-likeness (QED) is 0.471.